The number of aromatic hydroxyl groups is 1. The molecule has 0 spiro atoms. The molecule has 5 nitrogen and oxygen atoms in total. The van der Waals surface area contributed by atoms with Crippen LogP contribution in [0.25, 0.3) is 0 Å². The third kappa shape index (κ3) is 2.21. The molecule has 18 heavy (non-hydrogen) atoms. The van der Waals surface area contributed by atoms with Gasteiger partial charge in [0.1, 0.15) is 0 Å². The quantitative estimate of drug-likeness (QED) is 0.853. The second-order valence-electron chi connectivity index (χ2n) is 5.52. The van der Waals surface area contributed by atoms with Crippen LogP contribution < -0.4 is 11.2 Å². The number of aromatic amines is 1. The second-order valence-corrected chi connectivity index (χ2v) is 5.52. The second kappa shape index (κ2) is 4.63. The van der Waals surface area contributed by atoms with Gasteiger partial charge >= 0.3 is 5.69 Å². The van der Waals surface area contributed by atoms with Crippen molar-refractivity contribution < 1.29 is 5.11 Å². The van der Waals surface area contributed by atoms with E-state index in [2.05, 4.69) is 11.9 Å². The zero-order valence-corrected chi connectivity index (χ0v) is 11.0. The third-order valence-corrected chi connectivity index (χ3v) is 3.97. The molecule has 1 aliphatic rings. The minimum atomic E-state index is -0.511. The maximum Gasteiger partial charge on any atom is 0.331 e. The molecular weight excluding hydrogens is 232 g/mol. The monoisotopic (exact) mass is 252 g/mol. The Hall–Kier alpha value is -1.52. The largest absolute Gasteiger partial charge is 0.494 e. The minimum Gasteiger partial charge on any atom is -0.494 e. The van der Waals surface area contributed by atoms with E-state index in [1.165, 1.54) is 4.57 Å². The number of hydrogen-bond acceptors (Lipinski definition) is 3. The van der Waals surface area contributed by atoms with E-state index in [4.69, 9.17) is 0 Å². The van der Waals surface area contributed by atoms with E-state index in [0.29, 0.717) is 13.0 Å². The molecule has 0 amide bonds. The lowest BCUT2D eigenvalue weighted by Gasteiger charge is -2.25. The molecule has 0 aromatic carbocycles. The van der Waals surface area contributed by atoms with Gasteiger partial charge in [0.15, 0.2) is 0 Å². The van der Waals surface area contributed by atoms with Crippen LogP contribution in [0, 0.1) is 5.41 Å². The predicted molar refractivity (Wildman–Crippen MR) is 68.9 cm³/mol. The summed E-state index contributed by atoms with van der Waals surface area (Å²) in [6.07, 6.45) is 4.85. The van der Waals surface area contributed by atoms with Gasteiger partial charge in [-0.2, -0.15) is 0 Å². The van der Waals surface area contributed by atoms with Crippen molar-refractivity contribution in [3.05, 3.63) is 26.4 Å². The summed E-state index contributed by atoms with van der Waals surface area (Å²) in [5.41, 5.74) is -0.656. The number of hydrogen-bond donors (Lipinski definition) is 2. The Morgan fingerprint density at radius 2 is 1.94 bits per heavy atom. The van der Waals surface area contributed by atoms with Crippen LogP contribution in [0.5, 0.6) is 5.88 Å². The van der Waals surface area contributed by atoms with Crippen molar-refractivity contribution in [1.82, 2.24) is 9.55 Å². The van der Waals surface area contributed by atoms with Crippen molar-refractivity contribution in [3.8, 4) is 5.88 Å². The Labute approximate surface area is 105 Å². The van der Waals surface area contributed by atoms with Gasteiger partial charge in [0.05, 0.1) is 5.56 Å². The van der Waals surface area contributed by atoms with Crippen molar-refractivity contribution >= 4 is 0 Å². The smallest absolute Gasteiger partial charge is 0.331 e. The Morgan fingerprint density at radius 3 is 2.50 bits per heavy atom. The molecule has 2 N–H and O–H groups in total. The lowest BCUT2D eigenvalue weighted by atomic mass is 9.89. The maximum atomic E-state index is 11.8. The molecule has 0 radical (unpaired) electrons. The van der Waals surface area contributed by atoms with Gasteiger partial charge in [-0.05, 0) is 24.7 Å². The first-order chi connectivity index (χ1) is 8.47. The highest BCUT2D eigenvalue weighted by Crippen LogP contribution is 2.39. The molecule has 0 aliphatic heterocycles. The molecule has 1 aromatic heterocycles. The highest BCUT2D eigenvalue weighted by atomic mass is 16.3. The van der Waals surface area contributed by atoms with Gasteiger partial charge in [0.2, 0.25) is 5.88 Å². The van der Waals surface area contributed by atoms with E-state index in [1.807, 2.05) is 0 Å². The Bertz CT molecular complexity index is 550. The van der Waals surface area contributed by atoms with E-state index in [9.17, 15) is 14.7 Å². The summed E-state index contributed by atoms with van der Waals surface area (Å²) in [5.74, 6) is -0.167. The number of nitrogens with zero attached hydrogens (tertiary/aromatic N) is 1. The molecule has 100 valence electrons. The average Bonchev–Trinajstić information content (AvgIpc) is 2.72. The van der Waals surface area contributed by atoms with Crippen LogP contribution in [0.1, 0.15) is 45.1 Å². The average molecular weight is 252 g/mol. The number of aromatic nitrogens is 2. The Balaban J connectivity index is 2.45. The minimum absolute atomic E-state index is 0.0462. The molecule has 2 rings (SSSR count). The molecule has 1 aliphatic carbocycles. The summed E-state index contributed by atoms with van der Waals surface area (Å²) in [6.45, 7) is 4.39. The molecule has 5 heteroatoms. The van der Waals surface area contributed by atoms with Gasteiger partial charge in [-0.1, -0.05) is 26.7 Å². The first kappa shape index (κ1) is 12.9. The van der Waals surface area contributed by atoms with E-state index in [1.54, 1.807) is 6.92 Å². The number of rotatable bonds is 3. The third-order valence-electron chi connectivity index (χ3n) is 3.97. The molecule has 0 saturated heterocycles. The SMILES string of the molecule is CCc1c(O)n(CC2(C)CCCC2)c(=O)[nH]c1=O. The number of H-pyrrole nitrogens is 1. The summed E-state index contributed by atoms with van der Waals surface area (Å²) in [4.78, 5) is 25.6. The van der Waals surface area contributed by atoms with E-state index in [-0.39, 0.29) is 16.9 Å². The Kier molecular flexibility index (Phi) is 3.32. The molecule has 0 bridgehead atoms. The summed E-state index contributed by atoms with van der Waals surface area (Å²) < 4.78 is 1.31. The molecular formula is C13H20N2O3. The van der Waals surface area contributed by atoms with Gasteiger partial charge < -0.3 is 5.11 Å². The zero-order valence-electron chi connectivity index (χ0n) is 11.0. The van der Waals surface area contributed by atoms with Crippen LogP contribution in [0.4, 0.5) is 0 Å². The van der Waals surface area contributed by atoms with Crippen LogP contribution >= 0.6 is 0 Å². The molecule has 0 atom stereocenters. The van der Waals surface area contributed by atoms with E-state index >= 15 is 0 Å². The van der Waals surface area contributed by atoms with Gasteiger partial charge in [0.25, 0.3) is 5.56 Å². The summed E-state index contributed by atoms with van der Waals surface area (Å²) >= 11 is 0. The molecule has 1 heterocycles. The lowest BCUT2D eigenvalue weighted by Crippen LogP contribution is -2.35. The van der Waals surface area contributed by atoms with E-state index < -0.39 is 11.2 Å². The Morgan fingerprint density at radius 1 is 1.33 bits per heavy atom. The highest BCUT2D eigenvalue weighted by molar-refractivity contribution is 5.22. The molecule has 0 unspecified atom stereocenters. The summed E-state index contributed by atoms with van der Waals surface area (Å²) in [6, 6.07) is 0. The molecule has 1 aromatic rings. The lowest BCUT2D eigenvalue weighted by molar-refractivity contribution is 0.254. The standard InChI is InChI=1S/C13H20N2O3/c1-3-9-10(16)14-12(18)15(11(9)17)8-13(2)6-4-5-7-13/h17H,3-8H2,1-2H3,(H,14,16,18). The van der Waals surface area contributed by atoms with Crippen molar-refractivity contribution in [2.45, 2.75) is 52.5 Å². The van der Waals surface area contributed by atoms with Crippen molar-refractivity contribution in [1.29, 1.82) is 0 Å². The van der Waals surface area contributed by atoms with E-state index in [0.717, 1.165) is 25.7 Å². The summed E-state index contributed by atoms with van der Waals surface area (Å²) in [7, 11) is 0. The van der Waals surface area contributed by atoms with Crippen LogP contribution in [0.3, 0.4) is 0 Å². The topological polar surface area (TPSA) is 75.1 Å². The zero-order chi connectivity index (χ0) is 13.3. The van der Waals surface area contributed by atoms with Crippen molar-refractivity contribution in [3.63, 3.8) is 0 Å². The first-order valence-electron chi connectivity index (χ1n) is 6.52. The van der Waals surface area contributed by atoms with Gasteiger partial charge in [0, 0.05) is 6.54 Å². The maximum absolute atomic E-state index is 11.8. The van der Waals surface area contributed by atoms with Gasteiger partial charge in [-0.15, -0.1) is 0 Å². The fraction of sp³-hybridized carbons (Fsp3) is 0.692. The van der Waals surface area contributed by atoms with Gasteiger partial charge in [-0.3, -0.25) is 14.3 Å². The molecule has 1 saturated carbocycles. The normalized spacial score (nSPS) is 18.1. The van der Waals surface area contributed by atoms with Crippen LogP contribution in [0.15, 0.2) is 9.59 Å². The van der Waals surface area contributed by atoms with Crippen LogP contribution in [-0.2, 0) is 13.0 Å². The van der Waals surface area contributed by atoms with Crippen molar-refractivity contribution in [2.75, 3.05) is 0 Å². The first-order valence-corrected chi connectivity index (χ1v) is 6.52. The fourth-order valence-corrected chi connectivity index (χ4v) is 2.83. The summed E-state index contributed by atoms with van der Waals surface area (Å²) in [5, 5.41) is 10.1. The van der Waals surface area contributed by atoms with Crippen LogP contribution in [0.2, 0.25) is 0 Å². The van der Waals surface area contributed by atoms with Gasteiger partial charge in [-0.25, -0.2) is 4.79 Å². The molecule has 1 fully saturated rings. The predicted octanol–water partition coefficient (Wildman–Crippen LogP) is 1.38. The number of nitrogens with one attached hydrogen (secondary N) is 1. The van der Waals surface area contributed by atoms with Crippen molar-refractivity contribution in [2.24, 2.45) is 5.41 Å². The fourth-order valence-electron chi connectivity index (χ4n) is 2.83. The highest BCUT2D eigenvalue weighted by Gasteiger charge is 2.30. The van der Waals surface area contributed by atoms with Crippen LogP contribution in [-0.4, -0.2) is 14.7 Å².